The number of hydrogen-bond acceptors (Lipinski definition) is 2. The number of rotatable bonds is 5. The van der Waals surface area contributed by atoms with Crippen molar-refractivity contribution in [3.8, 4) is 0 Å². The molecular formula is C16H22BrN3. The molecule has 2 rings (SSSR count). The van der Waals surface area contributed by atoms with E-state index in [0.29, 0.717) is 6.04 Å². The monoisotopic (exact) mass is 335 g/mol. The van der Waals surface area contributed by atoms with Crippen molar-refractivity contribution >= 4 is 15.9 Å². The van der Waals surface area contributed by atoms with Crippen molar-refractivity contribution < 1.29 is 0 Å². The van der Waals surface area contributed by atoms with Gasteiger partial charge in [0.1, 0.15) is 0 Å². The van der Waals surface area contributed by atoms with E-state index in [9.17, 15) is 0 Å². The zero-order chi connectivity index (χ0) is 14.7. The van der Waals surface area contributed by atoms with Crippen LogP contribution >= 0.6 is 15.9 Å². The summed E-state index contributed by atoms with van der Waals surface area (Å²) in [4.78, 5) is 0. The number of hydrogen-bond donors (Lipinski definition) is 1. The molecule has 0 amide bonds. The number of nitrogens with one attached hydrogen (secondary N) is 1. The lowest BCUT2D eigenvalue weighted by Gasteiger charge is -2.19. The maximum Gasteiger partial charge on any atom is 0.0522 e. The molecule has 0 spiro atoms. The molecule has 4 heteroatoms. The van der Waals surface area contributed by atoms with Gasteiger partial charge in [-0.3, -0.25) is 4.68 Å². The zero-order valence-electron chi connectivity index (χ0n) is 12.6. The van der Waals surface area contributed by atoms with Crippen LogP contribution in [0.1, 0.15) is 35.2 Å². The van der Waals surface area contributed by atoms with Gasteiger partial charge in [-0.1, -0.05) is 35.0 Å². The zero-order valence-corrected chi connectivity index (χ0v) is 14.2. The van der Waals surface area contributed by atoms with Crippen LogP contribution in [0.25, 0.3) is 0 Å². The molecule has 0 fully saturated rings. The highest BCUT2D eigenvalue weighted by Gasteiger charge is 2.14. The maximum absolute atomic E-state index is 4.25. The van der Waals surface area contributed by atoms with Gasteiger partial charge in [0, 0.05) is 23.8 Å². The molecule has 2 aromatic rings. The standard InChI is InChI=1S/C16H22BrN3/c1-5-18-15(8-13-9-19-20(4)10-13)14-6-11(2)16(17)12(3)7-14/h6-7,9-10,15,18H,5,8H2,1-4H3. The van der Waals surface area contributed by atoms with Gasteiger partial charge >= 0.3 is 0 Å². The second-order valence-electron chi connectivity index (χ2n) is 5.31. The van der Waals surface area contributed by atoms with Crippen molar-refractivity contribution in [3.63, 3.8) is 0 Å². The Bertz CT molecular complexity index is 566. The summed E-state index contributed by atoms with van der Waals surface area (Å²) < 4.78 is 3.06. The molecule has 0 saturated heterocycles. The van der Waals surface area contributed by atoms with E-state index in [1.807, 2.05) is 17.9 Å². The minimum absolute atomic E-state index is 0.328. The number of aromatic nitrogens is 2. The average Bonchev–Trinajstić information content (AvgIpc) is 2.80. The molecule has 1 N–H and O–H groups in total. The van der Waals surface area contributed by atoms with E-state index in [0.717, 1.165) is 13.0 Å². The molecule has 1 atom stereocenters. The van der Waals surface area contributed by atoms with Crippen molar-refractivity contribution in [1.29, 1.82) is 0 Å². The Kier molecular flexibility index (Phi) is 5.00. The predicted molar refractivity (Wildman–Crippen MR) is 86.9 cm³/mol. The number of nitrogens with zero attached hydrogens (tertiary/aromatic N) is 2. The predicted octanol–water partition coefficient (Wildman–Crippen LogP) is 3.69. The molecule has 0 aliphatic rings. The first-order chi connectivity index (χ1) is 9.51. The van der Waals surface area contributed by atoms with Gasteiger partial charge in [0.25, 0.3) is 0 Å². The molecule has 0 saturated carbocycles. The van der Waals surface area contributed by atoms with Crippen LogP contribution in [0.4, 0.5) is 0 Å². The Morgan fingerprint density at radius 1 is 1.30 bits per heavy atom. The molecule has 0 aliphatic heterocycles. The van der Waals surface area contributed by atoms with Crippen LogP contribution in [0.5, 0.6) is 0 Å². The molecule has 108 valence electrons. The molecule has 20 heavy (non-hydrogen) atoms. The molecule has 1 heterocycles. The first-order valence-electron chi connectivity index (χ1n) is 6.98. The Morgan fingerprint density at radius 2 is 1.95 bits per heavy atom. The van der Waals surface area contributed by atoms with Crippen molar-refractivity contribution in [2.45, 2.75) is 33.2 Å². The summed E-state index contributed by atoms with van der Waals surface area (Å²) in [6.07, 6.45) is 4.99. The Balaban J connectivity index is 2.28. The quantitative estimate of drug-likeness (QED) is 0.902. The summed E-state index contributed by atoms with van der Waals surface area (Å²) in [5.41, 5.74) is 5.17. The summed E-state index contributed by atoms with van der Waals surface area (Å²) in [6.45, 7) is 7.40. The van der Waals surface area contributed by atoms with Crippen LogP contribution in [0.15, 0.2) is 29.0 Å². The highest BCUT2D eigenvalue weighted by atomic mass is 79.9. The number of likely N-dealkylation sites (N-methyl/N-ethyl adjacent to an activating group) is 1. The molecule has 1 unspecified atom stereocenters. The molecule has 0 bridgehead atoms. The van der Waals surface area contributed by atoms with Gasteiger partial charge in [0.2, 0.25) is 0 Å². The fourth-order valence-corrected chi connectivity index (χ4v) is 2.78. The van der Waals surface area contributed by atoms with Gasteiger partial charge in [0.05, 0.1) is 6.20 Å². The smallest absolute Gasteiger partial charge is 0.0522 e. The SMILES string of the molecule is CCNC(Cc1cnn(C)c1)c1cc(C)c(Br)c(C)c1. The highest BCUT2D eigenvalue weighted by Crippen LogP contribution is 2.27. The van der Waals surface area contributed by atoms with Crippen LogP contribution in [-0.2, 0) is 13.5 Å². The summed E-state index contributed by atoms with van der Waals surface area (Å²) in [5, 5.41) is 7.83. The van der Waals surface area contributed by atoms with Gasteiger partial charge in [-0.05, 0) is 49.1 Å². The second-order valence-corrected chi connectivity index (χ2v) is 6.10. The molecule has 0 aliphatic carbocycles. The minimum atomic E-state index is 0.328. The maximum atomic E-state index is 4.25. The average molecular weight is 336 g/mol. The second kappa shape index (κ2) is 6.55. The van der Waals surface area contributed by atoms with Crippen molar-refractivity contribution in [1.82, 2.24) is 15.1 Å². The van der Waals surface area contributed by atoms with Gasteiger partial charge in [-0.25, -0.2) is 0 Å². The van der Waals surface area contributed by atoms with E-state index < -0.39 is 0 Å². The van der Waals surface area contributed by atoms with E-state index >= 15 is 0 Å². The number of aryl methyl sites for hydroxylation is 3. The first kappa shape index (κ1) is 15.3. The third kappa shape index (κ3) is 3.49. The van der Waals surface area contributed by atoms with Crippen LogP contribution < -0.4 is 5.32 Å². The highest BCUT2D eigenvalue weighted by molar-refractivity contribution is 9.10. The number of benzene rings is 1. The summed E-state index contributed by atoms with van der Waals surface area (Å²) in [5.74, 6) is 0. The van der Waals surface area contributed by atoms with E-state index in [1.54, 1.807) is 0 Å². The molecular weight excluding hydrogens is 314 g/mol. The fourth-order valence-electron chi connectivity index (χ4n) is 2.55. The van der Waals surface area contributed by atoms with E-state index in [-0.39, 0.29) is 0 Å². The Hall–Kier alpha value is -1.13. The van der Waals surface area contributed by atoms with Crippen molar-refractivity contribution in [2.75, 3.05) is 6.54 Å². The topological polar surface area (TPSA) is 29.9 Å². The molecule has 1 aromatic carbocycles. The Labute approximate surface area is 129 Å². The van der Waals surface area contributed by atoms with Crippen molar-refractivity contribution in [3.05, 3.63) is 51.3 Å². The van der Waals surface area contributed by atoms with Crippen molar-refractivity contribution in [2.24, 2.45) is 7.05 Å². The Morgan fingerprint density at radius 3 is 2.45 bits per heavy atom. The lowest BCUT2D eigenvalue weighted by atomic mass is 9.97. The molecule has 3 nitrogen and oxygen atoms in total. The number of halogens is 1. The van der Waals surface area contributed by atoms with E-state index in [2.05, 4.69) is 65.4 Å². The fraction of sp³-hybridized carbons (Fsp3) is 0.438. The molecule has 0 radical (unpaired) electrons. The van der Waals surface area contributed by atoms with E-state index in [4.69, 9.17) is 0 Å². The minimum Gasteiger partial charge on any atom is -0.310 e. The summed E-state index contributed by atoms with van der Waals surface area (Å²) in [6, 6.07) is 4.86. The van der Waals surface area contributed by atoms with Crippen LogP contribution in [0.2, 0.25) is 0 Å². The summed E-state index contributed by atoms with van der Waals surface area (Å²) >= 11 is 3.64. The normalized spacial score (nSPS) is 12.7. The third-order valence-electron chi connectivity index (χ3n) is 3.51. The lowest BCUT2D eigenvalue weighted by molar-refractivity contribution is 0.549. The van der Waals surface area contributed by atoms with E-state index in [1.165, 1.54) is 26.7 Å². The summed E-state index contributed by atoms with van der Waals surface area (Å²) in [7, 11) is 1.96. The van der Waals surface area contributed by atoms with Gasteiger partial charge < -0.3 is 5.32 Å². The largest absolute Gasteiger partial charge is 0.310 e. The van der Waals surface area contributed by atoms with Crippen LogP contribution in [-0.4, -0.2) is 16.3 Å². The van der Waals surface area contributed by atoms with Crippen LogP contribution in [0, 0.1) is 13.8 Å². The van der Waals surface area contributed by atoms with Gasteiger partial charge in [-0.15, -0.1) is 0 Å². The lowest BCUT2D eigenvalue weighted by Crippen LogP contribution is -2.23. The first-order valence-corrected chi connectivity index (χ1v) is 7.78. The van der Waals surface area contributed by atoms with Crippen LogP contribution in [0.3, 0.4) is 0 Å². The van der Waals surface area contributed by atoms with Gasteiger partial charge in [0.15, 0.2) is 0 Å². The van der Waals surface area contributed by atoms with Gasteiger partial charge in [-0.2, -0.15) is 5.10 Å². The molecule has 1 aromatic heterocycles. The third-order valence-corrected chi connectivity index (χ3v) is 4.76.